The highest BCUT2D eigenvalue weighted by molar-refractivity contribution is 7.22. The number of fused-ring (bicyclic) bond motifs is 1. The van der Waals surface area contributed by atoms with Crippen molar-refractivity contribution in [1.82, 2.24) is 9.88 Å². The summed E-state index contributed by atoms with van der Waals surface area (Å²) in [5, 5.41) is 0.753. The number of benzene rings is 2. The van der Waals surface area contributed by atoms with Crippen molar-refractivity contribution >= 4 is 32.6 Å². The maximum Gasteiger partial charge on any atom is 0.233 e. The molecule has 164 valence electrons. The van der Waals surface area contributed by atoms with Gasteiger partial charge < -0.3 is 9.47 Å². The van der Waals surface area contributed by atoms with E-state index in [4.69, 9.17) is 14.5 Å². The lowest BCUT2D eigenvalue weighted by atomic mass is 10.1. The van der Waals surface area contributed by atoms with Gasteiger partial charge in [0.2, 0.25) is 5.91 Å². The van der Waals surface area contributed by atoms with E-state index in [1.807, 2.05) is 35.2 Å². The number of aromatic nitrogens is 1. The van der Waals surface area contributed by atoms with Gasteiger partial charge in [-0.1, -0.05) is 41.2 Å². The Balaban J connectivity index is 1.53. The van der Waals surface area contributed by atoms with E-state index in [0.29, 0.717) is 13.0 Å². The lowest BCUT2D eigenvalue weighted by Gasteiger charge is -2.27. The molecule has 2 aromatic carbocycles. The highest BCUT2D eigenvalue weighted by atomic mass is 32.1. The molecule has 0 unspecified atom stereocenters. The van der Waals surface area contributed by atoms with Gasteiger partial charge in [0, 0.05) is 26.2 Å². The van der Waals surface area contributed by atoms with Crippen LogP contribution in [0.4, 0.5) is 5.13 Å². The zero-order valence-electron chi connectivity index (χ0n) is 18.2. The van der Waals surface area contributed by atoms with Crippen molar-refractivity contribution in [3.63, 3.8) is 0 Å². The minimum absolute atomic E-state index is 0.0820. The SMILES string of the molecule is COc1ccc2nc(N(CCCN3CCOCC3)C(=O)Cc3cccc(C)c3)sc2c1. The molecule has 0 saturated carbocycles. The lowest BCUT2D eigenvalue weighted by molar-refractivity contribution is -0.118. The fraction of sp³-hybridized carbons (Fsp3) is 0.417. The van der Waals surface area contributed by atoms with E-state index < -0.39 is 0 Å². The molecule has 1 aliphatic heterocycles. The van der Waals surface area contributed by atoms with Crippen molar-refractivity contribution in [1.29, 1.82) is 0 Å². The van der Waals surface area contributed by atoms with Crippen LogP contribution in [0.15, 0.2) is 42.5 Å². The Morgan fingerprint density at radius 2 is 2.06 bits per heavy atom. The predicted molar refractivity (Wildman–Crippen MR) is 125 cm³/mol. The number of methoxy groups -OCH3 is 1. The van der Waals surface area contributed by atoms with E-state index in [-0.39, 0.29) is 5.91 Å². The van der Waals surface area contributed by atoms with Gasteiger partial charge in [0.25, 0.3) is 0 Å². The molecule has 31 heavy (non-hydrogen) atoms. The van der Waals surface area contributed by atoms with E-state index in [1.54, 1.807) is 18.4 Å². The minimum atomic E-state index is 0.0820. The maximum absolute atomic E-state index is 13.3. The predicted octanol–water partition coefficient (Wildman–Crippen LogP) is 3.91. The second kappa shape index (κ2) is 10.2. The number of amides is 1. The van der Waals surface area contributed by atoms with Crippen LogP contribution >= 0.6 is 11.3 Å². The quantitative estimate of drug-likeness (QED) is 0.533. The molecule has 6 nitrogen and oxygen atoms in total. The minimum Gasteiger partial charge on any atom is -0.497 e. The number of carbonyl (C=O) groups excluding carboxylic acids is 1. The van der Waals surface area contributed by atoms with Crippen molar-refractivity contribution in [2.75, 3.05) is 51.4 Å². The number of thiazole rings is 1. The fourth-order valence-corrected chi connectivity index (χ4v) is 4.87. The second-order valence-corrected chi connectivity index (χ2v) is 8.86. The van der Waals surface area contributed by atoms with Gasteiger partial charge in [-0.2, -0.15) is 0 Å². The third-order valence-electron chi connectivity index (χ3n) is 5.51. The zero-order chi connectivity index (χ0) is 21.6. The molecule has 0 spiro atoms. The van der Waals surface area contributed by atoms with Gasteiger partial charge in [-0.25, -0.2) is 4.98 Å². The molecule has 1 aromatic heterocycles. The summed E-state index contributed by atoms with van der Waals surface area (Å²) in [7, 11) is 1.66. The van der Waals surface area contributed by atoms with Gasteiger partial charge in [0.1, 0.15) is 5.75 Å². The van der Waals surface area contributed by atoms with Crippen LogP contribution in [0, 0.1) is 6.92 Å². The Kier molecular flexibility index (Phi) is 7.17. The van der Waals surface area contributed by atoms with Gasteiger partial charge in [0.05, 0.1) is 37.0 Å². The van der Waals surface area contributed by atoms with Crippen LogP contribution in [0.1, 0.15) is 17.5 Å². The Bertz CT molecular complexity index is 1030. The number of aryl methyl sites for hydroxylation is 1. The number of rotatable bonds is 8. The zero-order valence-corrected chi connectivity index (χ0v) is 19.0. The average Bonchev–Trinajstić information content (AvgIpc) is 3.20. The van der Waals surface area contributed by atoms with Crippen molar-refractivity contribution in [2.45, 2.75) is 19.8 Å². The molecule has 1 saturated heterocycles. The number of hydrogen-bond acceptors (Lipinski definition) is 6. The van der Waals surface area contributed by atoms with Crippen LogP contribution in [-0.4, -0.2) is 62.3 Å². The van der Waals surface area contributed by atoms with Crippen LogP contribution in [0.2, 0.25) is 0 Å². The molecule has 0 radical (unpaired) electrons. The van der Waals surface area contributed by atoms with Crippen LogP contribution in [0.3, 0.4) is 0 Å². The molecule has 0 N–H and O–H groups in total. The summed E-state index contributed by atoms with van der Waals surface area (Å²) >= 11 is 1.54. The van der Waals surface area contributed by atoms with E-state index in [1.165, 1.54) is 0 Å². The molecule has 0 bridgehead atoms. The third kappa shape index (κ3) is 5.61. The summed E-state index contributed by atoms with van der Waals surface area (Å²) in [6.45, 7) is 7.14. The van der Waals surface area contributed by atoms with Gasteiger partial charge in [0.15, 0.2) is 5.13 Å². The van der Waals surface area contributed by atoms with Crippen molar-refractivity contribution in [3.8, 4) is 5.75 Å². The first-order valence-electron chi connectivity index (χ1n) is 10.7. The number of morpholine rings is 1. The Morgan fingerprint density at radius 3 is 2.84 bits per heavy atom. The summed E-state index contributed by atoms with van der Waals surface area (Å²) < 4.78 is 11.8. The standard InChI is InChI=1S/C24H29N3O3S/c1-18-5-3-6-19(15-18)16-23(28)27(10-4-9-26-11-13-30-14-12-26)24-25-21-8-7-20(29-2)17-22(21)31-24/h3,5-8,15,17H,4,9-14,16H2,1-2H3. The van der Waals surface area contributed by atoms with Gasteiger partial charge in [-0.05, 0) is 37.1 Å². The lowest BCUT2D eigenvalue weighted by Crippen LogP contribution is -2.39. The Hall–Kier alpha value is -2.48. The molecule has 4 rings (SSSR count). The summed E-state index contributed by atoms with van der Waals surface area (Å²) in [5.74, 6) is 0.881. The number of hydrogen-bond donors (Lipinski definition) is 0. The van der Waals surface area contributed by atoms with Crippen LogP contribution in [0.25, 0.3) is 10.2 Å². The molecule has 1 amide bonds. The summed E-state index contributed by atoms with van der Waals surface area (Å²) in [6, 6.07) is 14.0. The number of carbonyl (C=O) groups is 1. The van der Waals surface area contributed by atoms with E-state index in [2.05, 4.69) is 24.0 Å². The van der Waals surface area contributed by atoms with E-state index in [0.717, 1.165) is 71.5 Å². The topological polar surface area (TPSA) is 54.9 Å². The van der Waals surface area contributed by atoms with Gasteiger partial charge in [-0.3, -0.25) is 14.6 Å². The van der Waals surface area contributed by atoms with Crippen molar-refractivity contribution in [3.05, 3.63) is 53.6 Å². The first kappa shape index (κ1) is 21.7. The molecule has 0 aliphatic carbocycles. The average molecular weight is 440 g/mol. The molecule has 1 aliphatic rings. The monoisotopic (exact) mass is 439 g/mol. The molecule has 3 aromatic rings. The third-order valence-corrected chi connectivity index (χ3v) is 6.56. The highest BCUT2D eigenvalue weighted by Gasteiger charge is 2.21. The largest absolute Gasteiger partial charge is 0.497 e. The first-order valence-corrected chi connectivity index (χ1v) is 11.5. The Morgan fingerprint density at radius 1 is 1.23 bits per heavy atom. The number of anilines is 1. The Labute approximate surface area is 187 Å². The van der Waals surface area contributed by atoms with Crippen LogP contribution < -0.4 is 9.64 Å². The molecular weight excluding hydrogens is 410 g/mol. The van der Waals surface area contributed by atoms with Gasteiger partial charge >= 0.3 is 0 Å². The summed E-state index contributed by atoms with van der Waals surface area (Å²) in [5.41, 5.74) is 3.09. The molecule has 7 heteroatoms. The highest BCUT2D eigenvalue weighted by Crippen LogP contribution is 2.32. The fourth-order valence-electron chi connectivity index (χ4n) is 3.83. The summed E-state index contributed by atoms with van der Waals surface area (Å²) in [6.07, 6.45) is 1.28. The first-order chi connectivity index (χ1) is 15.1. The smallest absolute Gasteiger partial charge is 0.233 e. The van der Waals surface area contributed by atoms with Crippen molar-refractivity contribution in [2.24, 2.45) is 0 Å². The molecule has 1 fully saturated rings. The van der Waals surface area contributed by atoms with Crippen LogP contribution in [-0.2, 0) is 16.0 Å². The van der Waals surface area contributed by atoms with E-state index >= 15 is 0 Å². The number of ether oxygens (including phenoxy) is 2. The van der Waals surface area contributed by atoms with Crippen LogP contribution in [0.5, 0.6) is 5.75 Å². The normalized spacial score (nSPS) is 14.6. The second-order valence-electron chi connectivity index (χ2n) is 7.85. The van der Waals surface area contributed by atoms with Gasteiger partial charge in [-0.15, -0.1) is 0 Å². The summed E-state index contributed by atoms with van der Waals surface area (Å²) in [4.78, 5) is 22.4. The molecule has 0 atom stereocenters. The van der Waals surface area contributed by atoms with E-state index in [9.17, 15) is 4.79 Å². The number of nitrogens with zero attached hydrogens (tertiary/aromatic N) is 3. The molecule has 2 heterocycles. The maximum atomic E-state index is 13.3. The van der Waals surface area contributed by atoms with Crippen molar-refractivity contribution < 1.29 is 14.3 Å². The molecular formula is C24H29N3O3S.